The molecule has 96 valence electrons. The summed E-state index contributed by atoms with van der Waals surface area (Å²) in [7, 11) is 1.59. The Morgan fingerprint density at radius 2 is 2.11 bits per heavy atom. The van der Waals surface area contributed by atoms with Crippen LogP contribution >= 0.6 is 0 Å². The Hall–Kier alpha value is -2.69. The number of rotatable bonds is 3. The summed E-state index contributed by atoms with van der Waals surface area (Å²) in [5.41, 5.74) is 1.46. The molecule has 2 aromatic heterocycles. The van der Waals surface area contributed by atoms with Gasteiger partial charge in [-0.15, -0.1) is 0 Å². The van der Waals surface area contributed by atoms with Crippen LogP contribution in [0.2, 0.25) is 0 Å². The third-order valence-corrected chi connectivity index (χ3v) is 2.91. The molecule has 0 fully saturated rings. The first-order chi connectivity index (χ1) is 9.17. The van der Waals surface area contributed by atoms with Gasteiger partial charge in [0.2, 0.25) is 0 Å². The van der Waals surface area contributed by atoms with E-state index in [-0.39, 0.29) is 5.69 Å². The topological polar surface area (TPSA) is 75.5 Å². The number of benzene rings is 1. The van der Waals surface area contributed by atoms with E-state index in [1.807, 2.05) is 18.2 Å². The number of carboxylic acids is 1. The highest BCUT2D eigenvalue weighted by Crippen LogP contribution is 2.29. The van der Waals surface area contributed by atoms with Gasteiger partial charge in [0.15, 0.2) is 5.76 Å². The second-order valence-corrected chi connectivity index (χ2v) is 4.11. The van der Waals surface area contributed by atoms with Crippen molar-refractivity contribution >= 4 is 16.9 Å². The maximum atomic E-state index is 10.8. The first kappa shape index (κ1) is 11.4. The fraction of sp³-hybridized carbons (Fsp3) is 0.0714. The van der Waals surface area contributed by atoms with E-state index in [1.165, 1.54) is 6.07 Å². The van der Waals surface area contributed by atoms with Gasteiger partial charge in [-0.1, -0.05) is 0 Å². The van der Waals surface area contributed by atoms with E-state index in [0.29, 0.717) is 22.8 Å². The third kappa shape index (κ3) is 1.95. The minimum atomic E-state index is -0.996. The molecule has 0 amide bonds. The second-order valence-electron chi connectivity index (χ2n) is 4.11. The highest BCUT2D eigenvalue weighted by Gasteiger charge is 2.11. The number of fused-ring (bicyclic) bond motifs is 1. The van der Waals surface area contributed by atoms with Crippen molar-refractivity contribution in [3.63, 3.8) is 0 Å². The molecule has 2 N–H and O–H groups in total. The number of hydrogen-bond acceptors (Lipinski definition) is 3. The number of aromatic amines is 1. The Morgan fingerprint density at radius 1 is 1.26 bits per heavy atom. The van der Waals surface area contributed by atoms with Gasteiger partial charge in [0.1, 0.15) is 17.0 Å². The van der Waals surface area contributed by atoms with Gasteiger partial charge in [-0.05, 0) is 30.3 Å². The van der Waals surface area contributed by atoms with E-state index in [0.717, 1.165) is 5.39 Å². The van der Waals surface area contributed by atoms with E-state index >= 15 is 0 Å². The zero-order chi connectivity index (χ0) is 13.4. The van der Waals surface area contributed by atoms with Crippen LogP contribution < -0.4 is 4.74 Å². The van der Waals surface area contributed by atoms with Crippen molar-refractivity contribution < 1.29 is 19.1 Å². The van der Waals surface area contributed by atoms with Gasteiger partial charge in [-0.2, -0.15) is 0 Å². The molecule has 0 radical (unpaired) electrons. The van der Waals surface area contributed by atoms with E-state index in [2.05, 4.69) is 4.98 Å². The zero-order valence-corrected chi connectivity index (χ0v) is 10.1. The lowest BCUT2D eigenvalue weighted by Crippen LogP contribution is -1.95. The molecule has 0 aliphatic heterocycles. The number of ether oxygens (including phenoxy) is 1. The van der Waals surface area contributed by atoms with Gasteiger partial charge in [-0.25, -0.2) is 4.79 Å². The van der Waals surface area contributed by atoms with Crippen LogP contribution in [0.15, 0.2) is 40.8 Å². The van der Waals surface area contributed by atoms with E-state index in [9.17, 15) is 4.79 Å². The van der Waals surface area contributed by atoms with Gasteiger partial charge in [0.25, 0.3) is 0 Å². The molecule has 0 atom stereocenters. The number of methoxy groups -OCH3 is 1. The maximum absolute atomic E-state index is 10.8. The molecule has 0 spiro atoms. The lowest BCUT2D eigenvalue weighted by Gasteiger charge is -1.96. The fourth-order valence-electron chi connectivity index (χ4n) is 1.93. The molecule has 1 aromatic carbocycles. The van der Waals surface area contributed by atoms with Crippen molar-refractivity contribution in [1.29, 1.82) is 0 Å². The van der Waals surface area contributed by atoms with E-state index < -0.39 is 5.97 Å². The van der Waals surface area contributed by atoms with Crippen molar-refractivity contribution in [2.24, 2.45) is 0 Å². The number of H-pyrrole nitrogens is 1. The summed E-state index contributed by atoms with van der Waals surface area (Å²) in [5.74, 6) is 0.311. The Bertz CT molecular complexity index is 754. The lowest BCUT2D eigenvalue weighted by molar-refractivity contribution is 0.0691. The monoisotopic (exact) mass is 257 g/mol. The molecule has 2 heterocycles. The van der Waals surface area contributed by atoms with Crippen molar-refractivity contribution in [3.05, 3.63) is 42.1 Å². The highest BCUT2D eigenvalue weighted by molar-refractivity contribution is 5.88. The maximum Gasteiger partial charge on any atom is 0.352 e. The Morgan fingerprint density at radius 3 is 2.79 bits per heavy atom. The first-order valence-corrected chi connectivity index (χ1v) is 5.67. The summed E-state index contributed by atoms with van der Waals surface area (Å²) < 4.78 is 10.8. The number of aromatic carboxylic acids is 1. The van der Waals surface area contributed by atoms with Crippen molar-refractivity contribution in [1.82, 2.24) is 4.98 Å². The Balaban J connectivity index is 2.06. The van der Waals surface area contributed by atoms with Crippen molar-refractivity contribution in [3.8, 4) is 17.2 Å². The molecule has 0 aliphatic carbocycles. The van der Waals surface area contributed by atoms with Crippen LogP contribution in [0.5, 0.6) is 5.75 Å². The van der Waals surface area contributed by atoms with Gasteiger partial charge < -0.3 is 19.2 Å². The van der Waals surface area contributed by atoms with Crippen LogP contribution in [-0.2, 0) is 0 Å². The molecule has 0 saturated carbocycles. The summed E-state index contributed by atoms with van der Waals surface area (Å²) in [4.78, 5) is 13.6. The predicted octanol–water partition coefficient (Wildman–Crippen LogP) is 3.13. The minimum Gasteiger partial charge on any atom is -0.497 e. The Kier molecular flexibility index (Phi) is 2.52. The molecule has 0 saturated heterocycles. The van der Waals surface area contributed by atoms with Crippen LogP contribution in [-0.4, -0.2) is 23.2 Å². The molecular weight excluding hydrogens is 246 g/mol. The minimum absolute atomic E-state index is 0.132. The molecule has 3 aromatic rings. The average Bonchev–Trinajstić information content (AvgIpc) is 3.04. The SMILES string of the molecule is COc1ccc2cc(-c3ccc(C(=O)O)[nH]3)oc2c1. The highest BCUT2D eigenvalue weighted by atomic mass is 16.5. The Labute approximate surface area is 108 Å². The largest absolute Gasteiger partial charge is 0.497 e. The summed E-state index contributed by atoms with van der Waals surface area (Å²) in [5, 5.41) is 9.81. The average molecular weight is 257 g/mol. The third-order valence-electron chi connectivity index (χ3n) is 2.91. The smallest absolute Gasteiger partial charge is 0.352 e. The molecule has 19 heavy (non-hydrogen) atoms. The number of hydrogen-bond donors (Lipinski definition) is 2. The van der Waals surface area contributed by atoms with Crippen LogP contribution in [0.25, 0.3) is 22.4 Å². The number of carbonyl (C=O) groups is 1. The second kappa shape index (κ2) is 4.20. The number of nitrogens with one attached hydrogen (secondary N) is 1. The molecule has 3 rings (SSSR count). The fourth-order valence-corrected chi connectivity index (χ4v) is 1.93. The van der Waals surface area contributed by atoms with Crippen LogP contribution in [0.4, 0.5) is 0 Å². The first-order valence-electron chi connectivity index (χ1n) is 5.67. The summed E-state index contributed by atoms with van der Waals surface area (Å²) in [6.45, 7) is 0. The standard InChI is InChI=1S/C14H11NO4/c1-18-9-3-2-8-6-13(19-12(8)7-9)10-4-5-11(15-10)14(16)17/h2-7,15H,1H3,(H,16,17). The summed E-state index contributed by atoms with van der Waals surface area (Å²) >= 11 is 0. The van der Waals surface area contributed by atoms with Crippen molar-refractivity contribution in [2.45, 2.75) is 0 Å². The van der Waals surface area contributed by atoms with Gasteiger partial charge in [-0.3, -0.25) is 0 Å². The molecule has 0 bridgehead atoms. The van der Waals surface area contributed by atoms with E-state index in [4.69, 9.17) is 14.3 Å². The summed E-state index contributed by atoms with van der Waals surface area (Å²) in [6.07, 6.45) is 0. The molecule has 5 heteroatoms. The lowest BCUT2D eigenvalue weighted by atomic mass is 10.2. The van der Waals surface area contributed by atoms with Crippen LogP contribution in [0.3, 0.4) is 0 Å². The molecule has 0 unspecified atom stereocenters. The zero-order valence-electron chi connectivity index (χ0n) is 10.1. The number of aromatic nitrogens is 1. The van der Waals surface area contributed by atoms with Crippen molar-refractivity contribution in [2.75, 3.05) is 7.11 Å². The molecular formula is C14H11NO4. The van der Waals surface area contributed by atoms with Crippen LogP contribution in [0.1, 0.15) is 10.5 Å². The van der Waals surface area contributed by atoms with Crippen LogP contribution in [0, 0.1) is 0 Å². The predicted molar refractivity (Wildman–Crippen MR) is 69.5 cm³/mol. The molecule has 0 aliphatic rings. The summed E-state index contributed by atoms with van der Waals surface area (Å²) in [6, 6.07) is 10.6. The molecule has 5 nitrogen and oxygen atoms in total. The normalized spacial score (nSPS) is 10.8. The quantitative estimate of drug-likeness (QED) is 0.755. The van der Waals surface area contributed by atoms with Gasteiger partial charge >= 0.3 is 5.97 Å². The van der Waals surface area contributed by atoms with Gasteiger partial charge in [0.05, 0.1) is 12.8 Å². The van der Waals surface area contributed by atoms with Gasteiger partial charge in [0, 0.05) is 11.5 Å². The number of carboxylic acid groups (broad SMARTS) is 1. The number of furan rings is 1. The van der Waals surface area contributed by atoms with E-state index in [1.54, 1.807) is 19.2 Å².